The summed E-state index contributed by atoms with van der Waals surface area (Å²) >= 11 is 7.30. The van der Waals surface area contributed by atoms with Crippen molar-refractivity contribution in [2.24, 2.45) is 0 Å². The fraction of sp³-hybridized carbons (Fsp3) is 0.0714. The van der Waals surface area contributed by atoms with Crippen molar-refractivity contribution in [3.8, 4) is 10.4 Å². The molecule has 0 radical (unpaired) electrons. The first kappa shape index (κ1) is 12.9. The minimum absolute atomic E-state index is 0.0693. The third kappa shape index (κ3) is 3.00. The maximum Gasteiger partial charge on any atom is 0.261 e. The van der Waals surface area contributed by atoms with Crippen molar-refractivity contribution in [2.45, 2.75) is 0 Å². The van der Waals surface area contributed by atoms with Gasteiger partial charge in [-0.05, 0) is 29.8 Å². The normalized spacial score (nSPS) is 10.1. The van der Waals surface area contributed by atoms with Gasteiger partial charge in [0.15, 0.2) is 0 Å². The van der Waals surface area contributed by atoms with Crippen molar-refractivity contribution in [1.82, 2.24) is 5.32 Å². The highest BCUT2D eigenvalue weighted by atomic mass is 35.5. The lowest BCUT2D eigenvalue weighted by Gasteiger charge is -1.99. The quantitative estimate of drug-likeness (QED) is 0.842. The van der Waals surface area contributed by atoms with Gasteiger partial charge in [-0.1, -0.05) is 29.8 Å². The van der Waals surface area contributed by atoms with Crippen LogP contribution in [0, 0.1) is 0 Å². The van der Waals surface area contributed by atoms with Crippen LogP contribution in [0.5, 0.6) is 0 Å². The Bertz CT molecular complexity index is 559. The molecule has 0 spiro atoms. The lowest BCUT2D eigenvalue weighted by atomic mass is 10.2. The van der Waals surface area contributed by atoms with E-state index in [4.69, 9.17) is 11.6 Å². The van der Waals surface area contributed by atoms with E-state index in [0.717, 1.165) is 10.4 Å². The zero-order valence-electron chi connectivity index (χ0n) is 9.65. The van der Waals surface area contributed by atoms with Crippen molar-refractivity contribution < 1.29 is 4.79 Å². The first-order valence-corrected chi connectivity index (χ1v) is 6.65. The Balaban J connectivity index is 2.17. The number of carbonyl (C=O) groups is 1. The molecule has 1 N–H and O–H groups in total. The maximum absolute atomic E-state index is 11.7. The first-order valence-electron chi connectivity index (χ1n) is 5.45. The highest BCUT2D eigenvalue weighted by Gasteiger charge is 2.09. The van der Waals surface area contributed by atoms with E-state index in [1.165, 1.54) is 11.3 Å². The van der Waals surface area contributed by atoms with E-state index in [2.05, 4.69) is 11.9 Å². The van der Waals surface area contributed by atoms with Crippen LogP contribution in [0.3, 0.4) is 0 Å². The van der Waals surface area contributed by atoms with Crippen LogP contribution in [0.1, 0.15) is 9.67 Å². The van der Waals surface area contributed by atoms with Gasteiger partial charge in [-0.2, -0.15) is 0 Å². The summed E-state index contributed by atoms with van der Waals surface area (Å²) in [5, 5.41) is 3.46. The summed E-state index contributed by atoms with van der Waals surface area (Å²) in [5.74, 6) is -0.0693. The van der Waals surface area contributed by atoms with E-state index in [-0.39, 0.29) is 5.91 Å². The number of thiophene rings is 1. The van der Waals surface area contributed by atoms with E-state index >= 15 is 0 Å². The largest absolute Gasteiger partial charge is 0.348 e. The van der Waals surface area contributed by atoms with Gasteiger partial charge in [0, 0.05) is 16.4 Å². The molecule has 2 nitrogen and oxygen atoms in total. The summed E-state index contributed by atoms with van der Waals surface area (Å²) in [5.41, 5.74) is 1.06. The van der Waals surface area contributed by atoms with E-state index in [1.54, 1.807) is 6.08 Å². The van der Waals surface area contributed by atoms with Gasteiger partial charge >= 0.3 is 0 Å². The molecule has 0 aliphatic carbocycles. The molecule has 0 aliphatic heterocycles. The van der Waals surface area contributed by atoms with Crippen molar-refractivity contribution >= 4 is 28.8 Å². The smallest absolute Gasteiger partial charge is 0.261 e. The van der Waals surface area contributed by atoms with Gasteiger partial charge in [-0.25, -0.2) is 0 Å². The lowest BCUT2D eigenvalue weighted by molar-refractivity contribution is 0.0962. The van der Waals surface area contributed by atoms with Gasteiger partial charge in [-0.15, -0.1) is 17.9 Å². The van der Waals surface area contributed by atoms with Crippen molar-refractivity contribution in [1.29, 1.82) is 0 Å². The fourth-order valence-electron chi connectivity index (χ4n) is 1.48. The molecule has 0 aliphatic rings. The molecular formula is C14H12ClNOS. The van der Waals surface area contributed by atoms with Gasteiger partial charge in [0.25, 0.3) is 5.91 Å². The highest BCUT2D eigenvalue weighted by Crippen LogP contribution is 2.28. The standard InChI is InChI=1S/C14H12ClNOS/c1-2-9-16-14(17)13-8-7-12(18-13)10-3-5-11(15)6-4-10/h2-8H,1,9H2,(H,16,17). The number of halogens is 1. The van der Waals surface area contributed by atoms with Gasteiger partial charge in [0.1, 0.15) is 0 Å². The average molecular weight is 278 g/mol. The summed E-state index contributed by atoms with van der Waals surface area (Å²) in [6, 6.07) is 11.3. The molecule has 92 valence electrons. The molecule has 0 saturated heterocycles. The minimum Gasteiger partial charge on any atom is -0.348 e. The van der Waals surface area contributed by atoms with E-state index in [0.29, 0.717) is 16.4 Å². The Labute approximate surface area is 115 Å². The number of carbonyl (C=O) groups excluding carboxylic acids is 1. The summed E-state index contributed by atoms with van der Waals surface area (Å²) in [4.78, 5) is 13.5. The molecular weight excluding hydrogens is 266 g/mol. The molecule has 1 aromatic heterocycles. The highest BCUT2D eigenvalue weighted by molar-refractivity contribution is 7.17. The topological polar surface area (TPSA) is 29.1 Å². The number of hydrogen-bond donors (Lipinski definition) is 1. The van der Waals surface area contributed by atoms with Crippen LogP contribution < -0.4 is 5.32 Å². The first-order chi connectivity index (χ1) is 8.70. The van der Waals surface area contributed by atoms with E-state index in [9.17, 15) is 4.79 Å². The third-order valence-corrected chi connectivity index (χ3v) is 3.75. The van der Waals surface area contributed by atoms with Gasteiger partial charge in [0.2, 0.25) is 0 Å². The van der Waals surface area contributed by atoms with Crippen LogP contribution in [0.25, 0.3) is 10.4 Å². The molecule has 18 heavy (non-hydrogen) atoms. The molecule has 2 rings (SSSR count). The summed E-state index contributed by atoms with van der Waals surface area (Å²) in [6.45, 7) is 4.04. The van der Waals surface area contributed by atoms with E-state index < -0.39 is 0 Å². The monoisotopic (exact) mass is 277 g/mol. The molecule has 0 bridgehead atoms. The molecule has 0 fully saturated rings. The van der Waals surface area contributed by atoms with E-state index in [1.807, 2.05) is 36.4 Å². The summed E-state index contributed by atoms with van der Waals surface area (Å²) in [7, 11) is 0. The second-order valence-electron chi connectivity index (χ2n) is 3.67. The average Bonchev–Trinajstić information content (AvgIpc) is 2.86. The second kappa shape index (κ2) is 5.85. The number of nitrogens with one attached hydrogen (secondary N) is 1. The van der Waals surface area contributed by atoms with Crippen LogP contribution in [-0.2, 0) is 0 Å². The molecule has 1 aromatic carbocycles. The van der Waals surface area contributed by atoms with Crippen LogP contribution in [0.4, 0.5) is 0 Å². The zero-order chi connectivity index (χ0) is 13.0. The van der Waals surface area contributed by atoms with Gasteiger partial charge in [0.05, 0.1) is 4.88 Å². The summed E-state index contributed by atoms with van der Waals surface area (Å²) < 4.78 is 0. The Kier molecular flexibility index (Phi) is 4.18. The Hall–Kier alpha value is -1.58. The fourth-order valence-corrected chi connectivity index (χ4v) is 2.54. The zero-order valence-corrected chi connectivity index (χ0v) is 11.2. The Morgan fingerprint density at radius 2 is 2.00 bits per heavy atom. The summed E-state index contributed by atoms with van der Waals surface area (Å²) in [6.07, 6.45) is 1.66. The van der Waals surface area contributed by atoms with Crippen molar-refractivity contribution in [3.05, 3.63) is 59.0 Å². The van der Waals surface area contributed by atoms with Gasteiger partial charge in [-0.3, -0.25) is 4.79 Å². The van der Waals surface area contributed by atoms with Crippen molar-refractivity contribution in [3.63, 3.8) is 0 Å². The predicted molar refractivity (Wildman–Crippen MR) is 77.3 cm³/mol. The molecule has 0 atom stereocenters. The third-order valence-electron chi connectivity index (χ3n) is 2.37. The lowest BCUT2D eigenvalue weighted by Crippen LogP contribution is -2.21. The SMILES string of the molecule is C=CCNC(=O)c1ccc(-c2ccc(Cl)cc2)s1. The van der Waals surface area contributed by atoms with Crippen LogP contribution in [0.2, 0.25) is 5.02 Å². The van der Waals surface area contributed by atoms with Crippen LogP contribution in [-0.4, -0.2) is 12.5 Å². The second-order valence-corrected chi connectivity index (χ2v) is 5.19. The number of benzene rings is 1. The van der Waals surface area contributed by atoms with Gasteiger partial charge < -0.3 is 5.32 Å². The molecule has 0 unspecified atom stereocenters. The predicted octanol–water partition coefficient (Wildman–Crippen LogP) is 3.98. The molecule has 2 aromatic rings. The Morgan fingerprint density at radius 1 is 1.28 bits per heavy atom. The Morgan fingerprint density at radius 3 is 2.67 bits per heavy atom. The molecule has 4 heteroatoms. The van der Waals surface area contributed by atoms with Crippen LogP contribution in [0.15, 0.2) is 49.1 Å². The molecule has 1 amide bonds. The number of rotatable bonds is 4. The van der Waals surface area contributed by atoms with Crippen LogP contribution >= 0.6 is 22.9 Å². The minimum atomic E-state index is -0.0693. The molecule has 1 heterocycles. The molecule has 0 saturated carbocycles. The number of hydrogen-bond acceptors (Lipinski definition) is 2. The van der Waals surface area contributed by atoms with Crippen molar-refractivity contribution in [2.75, 3.05) is 6.54 Å². The number of amides is 1. The maximum atomic E-state index is 11.7.